The normalized spacial score (nSPS) is 13.4. The second kappa shape index (κ2) is 7.72. The highest BCUT2D eigenvalue weighted by atomic mass is 32.2. The molecule has 28 heavy (non-hydrogen) atoms. The molecular weight excluding hydrogens is 393 g/mol. The third kappa shape index (κ3) is 4.96. The fourth-order valence-corrected chi connectivity index (χ4v) is 3.98. The van der Waals surface area contributed by atoms with Crippen molar-refractivity contribution in [2.45, 2.75) is 24.9 Å². The number of hydrogen-bond acceptors (Lipinski definition) is 4. The first kappa shape index (κ1) is 20.0. The minimum atomic E-state index is -4.55. The molecule has 0 amide bonds. The van der Waals surface area contributed by atoms with Crippen LogP contribution in [0, 0.1) is 6.92 Å². The minimum Gasteiger partial charge on any atom is -0.263 e. The van der Waals surface area contributed by atoms with E-state index in [0.29, 0.717) is 11.4 Å². The molecule has 10 heteroatoms. The molecular formula is C18H17F3N4O2S. The molecule has 1 unspecified atom stereocenters. The second-order valence-corrected chi connectivity index (χ2v) is 7.95. The number of halogens is 3. The molecule has 148 valence electrons. The fraction of sp³-hybridized carbons (Fsp3) is 0.222. The summed E-state index contributed by atoms with van der Waals surface area (Å²) in [5.74, 6) is 0.119. The molecule has 0 aliphatic carbocycles. The van der Waals surface area contributed by atoms with Crippen molar-refractivity contribution in [1.29, 1.82) is 0 Å². The largest absolute Gasteiger partial charge is 0.416 e. The maximum absolute atomic E-state index is 12.9. The zero-order valence-corrected chi connectivity index (χ0v) is 15.6. The average Bonchev–Trinajstić information content (AvgIpc) is 3.06. The number of alkyl halides is 3. The summed E-state index contributed by atoms with van der Waals surface area (Å²) in [6, 6.07) is 12.0. The monoisotopic (exact) mass is 410 g/mol. The summed E-state index contributed by atoms with van der Waals surface area (Å²) in [6.45, 7) is 1.68. The van der Waals surface area contributed by atoms with Crippen LogP contribution in [0.2, 0.25) is 0 Å². The molecule has 0 radical (unpaired) electrons. The number of nitrogens with one attached hydrogen (secondary N) is 2. The smallest absolute Gasteiger partial charge is 0.263 e. The Hall–Kier alpha value is -2.72. The fourth-order valence-electron chi connectivity index (χ4n) is 2.68. The molecule has 1 heterocycles. The zero-order chi connectivity index (χ0) is 20.4. The van der Waals surface area contributed by atoms with Gasteiger partial charge in [-0.2, -0.15) is 23.0 Å². The molecule has 0 aliphatic heterocycles. The lowest BCUT2D eigenvalue weighted by molar-refractivity contribution is -0.137. The number of sulfonamides is 1. The summed E-state index contributed by atoms with van der Waals surface area (Å²) in [7, 11) is -3.99. The van der Waals surface area contributed by atoms with Crippen LogP contribution in [-0.4, -0.2) is 23.6 Å². The van der Waals surface area contributed by atoms with Crippen LogP contribution in [0.5, 0.6) is 0 Å². The number of rotatable bonds is 6. The van der Waals surface area contributed by atoms with Gasteiger partial charge in [-0.25, -0.2) is 13.4 Å². The summed E-state index contributed by atoms with van der Waals surface area (Å²) < 4.78 is 66.4. The van der Waals surface area contributed by atoms with Crippen molar-refractivity contribution >= 4 is 10.0 Å². The molecule has 3 aromatic rings. The van der Waals surface area contributed by atoms with Gasteiger partial charge < -0.3 is 0 Å². The van der Waals surface area contributed by atoms with Crippen molar-refractivity contribution in [3.8, 4) is 0 Å². The predicted molar refractivity (Wildman–Crippen MR) is 96.6 cm³/mol. The summed E-state index contributed by atoms with van der Waals surface area (Å²) in [5, 5.41) is 6.68. The molecule has 0 spiro atoms. The van der Waals surface area contributed by atoms with E-state index in [4.69, 9.17) is 0 Å². The zero-order valence-electron chi connectivity index (χ0n) is 14.7. The van der Waals surface area contributed by atoms with E-state index in [1.54, 1.807) is 37.3 Å². The van der Waals surface area contributed by atoms with Crippen LogP contribution < -0.4 is 4.72 Å². The molecule has 0 saturated carbocycles. The molecule has 6 nitrogen and oxygen atoms in total. The van der Waals surface area contributed by atoms with E-state index in [2.05, 4.69) is 19.9 Å². The molecule has 2 N–H and O–H groups in total. The van der Waals surface area contributed by atoms with Gasteiger partial charge in [0.25, 0.3) is 0 Å². The Balaban J connectivity index is 1.88. The van der Waals surface area contributed by atoms with Crippen LogP contribution >= 0.6 is 0 Å². The summed E-state index contributed by atoms with van der Waals surface area (Å²) in [5.41, 5.74) is -0.265. The predicted octanol–water partition coefficient (Wildman–Crippen LogP) is 3.34. The Labute approximate surface area is 159 Å². The van der Waals surface area contributed by atoms with Gasteiger partial charge in [0.05, 0.1) is 11.3 Å². The van der Waals surface area contributed by atoms with E-state index in [9.17, 15) is 21.6 Å². The van der Waals surface area contributed by atoms with Gasteiger partial charge in [0.2, 0.25) is 10.0 Å². The summed E-state index contributed by atoms with van der Waals surface area (Å²) >= 11 is 0. The Morgan fingerprint density at radius 3 is 2.43 bits per heavy atom. The third-order valence-electron chi connectivity index (χ3n) is 3.91. The van der Waals surface area contributed by atoms with Gasteiger partial charge in [0.15, 0.2) is 5.82 Å². The second-order valence-electron chi connectivity index (χ2n) is 6.20. The number of aromatic amines is 1. The molecule has 0 aliphatic rings. The van der Waals surface area contributed by atoms with Gasteiger partial charge >= 0.3 is 6.18 Å². The van der Waals surface area contributed by atoms with Crippen LogP contribution in [-0.2, 0) is 22.0 Å². The molecule has 0 fully saturated rings. The highest BCUT2D eigenvalue weighted by molar-refractivity contribution is 7.88. The highest BCUT2D eigenvalue weighted by Crippen LogP contribution is 2.30. The van der Waals surface area contributed by atoms with Crippen molar-refractivity contribution in [2.75, 3.05) is 0 Å². The number of benzene rings is 2. The van der Waals surface area contributed by atoms with E-state index in [-0.39, 0.29) is 11.4 Å². The molecule has 1 atom stereocenters. The minimum absolute atomic E-state index is 0.0281. The van der Waals surface area contributed by atoms with Gasteiger partial charge in [0.1, 0.15) is 11.9 Å². The van der Waals surface area contributed by atoms with E-state index >= 15 is 0 Å². The topological polar surface area (TPSA) is 87.7 Å². The van der Waals surface area contributed by atoms with E-state index in [1.807, 2.05) is 0 Å². The average molecular weight is 410 g/mol. The molecule has 0 saturated heterocycles. The first-order valence-corrected chi connectivity index (χ1v) is 9.89. The van der Waals surface area contributed by atoms with Crippen LogP contribution in [0.15, 0.2) is 54.6 Å². The van der Waals surface area contributed by atoms with Crippen molar-refractivity contribution in [3.05, 3.63) is 82.9 Å². The molecule has 1 aromatic heterocycles. The summed E-state index contributed by atoms with van der Waals surface area (Å²) in [6.07, 6.45) is -4.55. The van der Waals surface area contributed by atoms with E-state index in [0.717, 1.165) is 12.1 Å². The van der Waals surface area contributed by atoms with Gasteiger partial charge in [-0.15, -0.1) is 0 Å². The lowest BCUT2D eigenvalue weighted by Gasteiger charge is -2.17. The third-order valence-corrected chi connectivity index (χ3v) is 5.22. The number of aryl methyl sites for hydroxylation is 1. The van der Waals surface area contributed by atoms with Gasteiger partial charge in [-0.1, -0.05) is 48.5 Å². The van der Waals surface area contributed by atoms with Crippen LogP contribution in [0.1, 0.15) is 34.4 Å². The maximum atomic E-state index is 12.9. The van der Waals surface area contributed by atoms with Crippen molar-refractivity contribution in [1.82, 2.24) is 19.9 Å². The Morgan fingerprint density at radius 2 is 1.82 bits per heavy atom. The number of aromatic nitrogens is 3. The molecule has 2 aromatic carbocycles. The lowest BCUT2D eigenvalue weighted by Crippen LogP contribution is -2.31. The Morgan fingerprint density at radius 1 is 1.11 bits per heavy atom. The summed E-state index contributed by atoms with van der Waals surface area (Å²) in [4.78, 5) is 4.18. The Kier molecular flexibility index (Phi) is 5.52. The van der Waals surface area contributed by atoms with E-state index in [1.165, 1.54) is 12.1 Å². The van der Waals surface area contributed by atoms with Crippen molar-refractivity contribution < 1.29 is 21.6 Å². The Bertz CT molecular complexity index is 1050. The van der Waals surface area contributed by atoms with E-state index < -0.39 is 33.6 Å². The van der Waals surface area contributed by atoms with Crippen molar-refractivity contribution in [2.24, 2.45) is 0 Å². The number of H-pyrrole nitrogens is 1. The highest BCUT2D eigenvalue weighted by Gasteiger charge is 2.31. The van der Waals surface area contributed by atoms with Gasteiger partial charge in [0, 0.05) is 0 Å². The molecule has 0 bridgehead atoms. The van der Waals surface area contributed by atoms with Gasteiger partial charge in [-0.3, -0.25) is 5.10 Å². The van der Waals surface area contributed by atoms with Crippen LogP contribution in [0.4, 0.5) is 13.2 Å². The van der Waals surface area contributed by atoms with Crippen LogP contribution in [0.3, 0.4) is 0 Å². The maximum Gasteiger partial charge on any atom is 0.416 e. The number of hydrogen-bond donors (Lipinski definition) is 2. The number of nitrogens with zero attached hydrogens (tertiary/aromatic N) is 2. The standard InChI is InChI=1S/C18H17F3N4O2S/c1-12-22-17(24-23-12)16(14-7-3-2-4-8-14)25-28(26,27)11-13-6-5-9-15(10-13)18(19,20)21/h2-10,16,25H,11H2,1H3,(H,22,23,24). The SMILES string of the molecule is Cc1nc(C(NS(=O)(=O)Cc2cccc(C(F)(F)F)c2)c2ccccc2)n[nH]1. The molecule has 3 rings (SSSR count). The first-order chi connectivity index (χ1) is 13.1. The van der Waals surface area contributed by atoms with Gasteiger partial charge in [-0.05, 0) is 24.1 Å². The lowest BCUT2D eigenvalue weighted by atomic mass is 10.1. The van der Waals surface area contributed by atoms with Crippen LogP contribution in [0.25, 0.3) is 0 Å². The quantitative estimate of drug-likeness (QED) is 0.653. The van der Waals surface area contributed by atoms with Crippen molar-refractivity contribution in [3.63, 3.8) is 0 Å². The first-order valence-electron chi connectivity index (χ1n) is 8.24.